The Balaban J connectivity index is 0.00000168. The number of carbonyl (C=O) groups is 15. The molecule has 0 aliphatic carbocycles. The molecule has 0 fully saturated rings. The van der Waals surface area contributed by atoms with Gasteiger partial charge in [0.15, 0.2) is 34.7 Å². The zero-order chi connectivity index (χ0) is 111. The summed E-state index contributed by atoms with van der Waals surface area (Å²) in [6, 6.07) is 41.7. The monoisotopic (exact) mass is 1960 g/mol. The molecular formula is C122H184N4O16. The number of amides is 4. The number of Topliss-reactive ketones (excluding diaryl/α,β-unsaturated/α-hetero) is 10. The summed E-state index contributed by atoms with van der Waals surface area (Å²) in [4.78, 5) is 180. The fourth-order valence-electron chi connectivity index (χ4n) is 13.4. The van der Waals surface area contributed by atoms with Crippen molar-refractivity contribution >= 4 is 87.4 Å². The molecule has 0 aliphatic heterocycles. The average Bonchev–Trinajstić information content (AvgIpc) is 0.841. The second kappa shape index (κ2) is 55.4. The molecule has 0 spiro atoms. The molecule has 6 rings (SSSR count). The zero-order valence-electron chi connectivity index (χ0n) is 95.5. The van der Waals surface area contributed by atoms with Crippen molar-refractivity contribution in [3.63, 3.8) is 0 Å². The van der Waals surface area contributed by atoms with E-state index in [1.807, 2.05) is 265 Å². The highest BCUT2D eigenvalue weighted by atomic mass is 16.6. The van der Waals surface area contributed by atoms with Crippen molar-refractivity contribution in [1.82, 2.24) is 21.3 Å². The van der Waals surface area contributed by atoms with Gasteiger partial charge in [-0.3, -0.25) is 67.1 Å². The third-order valence-electron chi connectivity index (χ3n) is 19.5. The Hall–Kier alpha value is -10.6. The molecule has 0 radical (unpaired) electrons. The van der Waals surface area contributed by atoms with Gasteiger partial charge in [-0.25, -0.2) is 4.79 Å². The van der Waals surface area contributed by atoms with E-state index in [2.05, 4.69) is 83.6 Å². The molecule has 4 amide bonds. The number of benzene rings is 6. The van der Waals surface area contributed by atoms with Crippen molar-refractivity contribution in [2.24, 2.45) is 48.7 Å². The first-order chi connectivity index (χ1) is 63.7. The maximum absolute atomic E-state index is 12.6. The molecule has 6 aromatic carbocycles. The van der Waals surface area contributed by atoms with Crippen LogP contribution in [0, 0.1) is 48.7 Å². The van der Waals surface area contributed by atoms with Gasteiger partial charge in [0.2, 0.25) is 11.8 Å². The van der Waals surface area contributed by atoms with Crippen molar-refractivity contribution in [2.45, 2.75) is 415 Å². The minimum atomic E-state index is -0.563. The highest BCUT2D eigenvalue weighted by Crippen LogP contribution is 2.31. The minimum absolute atomic E-state index is 0.0115. The molecule has 4 N–H and O–H groups in total. The van der Waals surface area contributed by atoms with Gasteiger partial charge in [0.1, 0.15) is 28.7 Å². The molecule has 0 bridgehead atoms. The van der Waals surface area contributed by atoms with E-state index < -0.39 is 11.6 Å². The van der Waals surface area contributed by atoms with Crippen LogP contribution in [0.15, 0.2) is 146 Å². The lowest BCUT2D eigenvalue weighted by molar-refractivity contribution is -0.128. The lowest BCUT2D eigenvalue weighted by atomic mass is 9.80. The van der Waals surface area contributed by atoms with E-state index in [0.29, 0.717) is 126 Å². The summed E-state index contributed by atoms with van der Waals surface area (Å²) in [6.07, 6.45) is 6.43. The van der Waals surface area contributed by atoms with Crippen LogP contribution in [0.25, 0.3) is 0 Å². The molecule has 0 heterocycles. The summed E-state index contributed by atoms with van der Waals surface area (Å²) in [6.45, 7) is 83.9. The lowest BCUT2D eigenvalue weighted by Crippen LogP contribution is -2.40. The number of hydrogen-bond acceptors (Lipinski definition) is 16. The molecule has 0 unspecified atom stereocenters. The van der Waals surface area contributed by atoms with Crippen molar-refractivity contribution in [2.75, 3.05) is 0 Å². The fraction of sp³-hybridized carbons (Fsp3) is 0.582. The Labute approximate surface area is 856 Å². The number of carbonyl (C=O) groups excluding carboxylic acids is 15. The van der Waals surface area contributed by atoms with E-state index in [4.69, 9.17) is 4.74 Å². The molecule has 0 aliphatic rings. The zero-order valence-corrected chi connectivity index (χ0v) is 95.5. The van der Waals surface area contributed by atoms with Gasteiger partial charge in [0, 0.05) is 168 Å². The molecule has 20 heteroatoms. The normalized spacial score (nSPS) is 12.2. The van der Waals surface area contributed by atoms with Gasteiger partial charge < -0.3 is 26.0 Å². The van der Waals surface area contributed by atoms with Crippen molar-refractivity contribution < 1.29 is 76.7 Å². The SMILES string of the molecule is CC(C)(C)CC(=O)C(C)(C)C.CC(C)(C)CC(=O)CC(C)(C)C.CC(C)(C)CC(=O)CCC(=O)NC(C)(C)C.CC(C)(C)CC(=O)c1ccc(C(=O)NC(C)(C)C)cc1.CC(C)(C)CC(=O)c1ccc(CC(=O)CCC(=O)NC(C)(C)C)cc1.CC(C)(C)CC(=O)c1ccc(CC(=O)c2ccc(C(=O)NC(C)(C)C)cc2)cc1.CC(C)(C)CC(=O)c1ccc(CC(=O)c2ccc(C(=O)OC(C)(C)C)cc2)cc1. The van der Waals surface area contributed by atoms with Gasteiger partial charge in [0.05, 0.1) is 5.56 Å². The third kappa shape index (κ3) is 67.0. The van der Waals surface area contributed by atoms with Gasteiger partial charge >= 0.3 is 5.97 Å². The number of esters is 1. The highest BCUT2D eigenvalue weighted by molar-refractivity contribution is 6.03. The Kier molecular flexibility index (Phi) is 51.3. The van der Waals surface area contributed by atoms with Crippen molar-refractivity contribution in [3.8, 4) is 0 Å². The van der Waals surface area contributed by atoms with E-state index in [9.17, 15) is 71.9 Å². The van der Waals surface area contributed by atoms with Crippen LogP contribution in [0.3, 0.4) is 0 Å². The molecule has 0 atom stereocenters. The first-order valence-corrected chi connectivity index (χ1v) is 50.1. The van der Waals surface area contributed by atoms with Crippen LogP contribution < -0.4 is 21.3 Å². The van der Waals surface area contributed by atoms with Gasteiger partial charge in [-0.15, -0.1) is 0 Å². The summed E-state index contributed by atoms with van der Waals surface area (Å²) in [7, 11) is 0. The summed E-state index contributed by atoms with van der Waals surface area (Å²) in [5, 5.41) is 11.5. The number of ether oxygens (including phenoxy) is 1. The Morgan fingerprint density at radius 1 is 0.204 bits per heavy atom. The van der Waals surface area contributed by atoms with Crippen LogP contribution in [0.4, 0.5) is 0 Å². The van der Waals surface area contributed by atoms with E-state index in [-0.39, 0.29) is 173 Å². The van der Waals surface area contributed by atoms with Crippen LogP contribution in [-0.4, -0.2) is 115 Å². The fourth-order valence-corrected chi connectivity index (χ4v) is 13.4. The number of rotatable bonds is 29. The summed E-state index contributed by atoms with van der Waals surface area (Å²) < 4.78 is 5.33. The number of nitrogens with one attached hydrogen (secondary N) is 4. The maximum Gasteiger partial charge on any atom is 0.338 e. The van der Waals surface area contributed by atoms with Crippen LogP contribution in [0.2, 0.25) is 0 Å². The van der Waals surface area contributed by atoms with Crippen molar-refractivity contribution in [3.05, 3.63) is 212 Å². The lowest BCUT2D eigenvalue weighted by Gasteiger charge is -2.23. The van der Waals surface area contributed by atoms with Gasteiger partial charge in [-0.2, -0.15) is 0 Å². The van der Waals surface area contributed by atoms with Crippen LogP contribution in [-0.2, 0) is 52.8 Å². The predicted molar refractivity (Wildman–Crippen MR) is 582 cm³/mol. The molecule has 20 nitrogen and oxygen atoms in total. The first-order valence-electron chi connectivity index (χ1n) is 50.1. The van der Waals surface area contributed by atoms with E-state index >= 15 is 0 Å². The molecule has 0 saturated heterocycles. The van der Waals surface area contributed by atoms with Crippen LogP contribution in [0.1, 0.15) is 478 Å². The summed E-state index contributed by atoms with van der Waals surface area (Å²) in [5.74, 6) is 0.452. The maximum atomic E-state index is 12.6. The average molecular weight is 1960 g/mol. The second-order valence-electron chi connectivity index (χ2n) is 53.6. The molecule has 6 aromatic rings. The smallest absolute Gasteiger partial charge is 0.338 e. The Morgan fingerprint density at radius 3 is 0.627 bits per heavy atom. The quantitative estimate of drug-likeness (QED) is 0.0250. The second-order valence-corrected chi connectivity index (χ2v) is 53.6. The van der Waals surface area contributed by atoms with Crippen molar-refractivity contribution in [1.29, 1.82) is 0 Å². The first kappa shape index (κ1) is 131. The molecule has 142 heavy (non-hydrogen) atoms. The van der Waals surface area contributed by atoms with E-state index in [1.54, 1.807) is 109 Å². The highest BCUT2D eigenvalue weighted by Gasteiger charge is 2.30. The summed E-state index contributed by atoms with van der Waals surface area (Å²) in [5.41, 5.74) is 6.28. The van der Waals surface area contributed by atoms with E-state index in [1.165, 1.54) is 0 Å². The standard InChI is InChI=1S/C25H31NO3.C25H30O4.C21H31NO3.C17H25NO2.C13H25NO2.C11H22O.C10H20O/c1-24(2,3)16-22(28)19-9-7-17(8-10-19)15-21(27)18-11-13-20(14-12-18)23(29)26-25(4,5)6;1-24(2,3)16-22(27)19-9-7-17(8-10-19)15-21(26)18-11-13-20(14-12-18)23(28)29-25(4,5)6;1-20(2,3)14-18(24)16-9-7-15(8-10-16)13-17(23)11-12-19(25)22-21(4,5)6;1-16(2,3)11-14(19)12-7-9-13(10-8-12)15(20)18-17(4,5)6;1-12(2,3)9-10(15)7-8-11(16)14-13(4,5)6;1-10(2,3)7-9(12)8-11(4,5)6;1-9(2,3)7-8(11)10(4,5)6/h7-14H,15-16H2,1-6H3,(H,26,29);7-14H,15-16H2,1-6H3;7-10H,11-14H2,1-6H3,(H,22,25);7-10H,11H2,1-6H3,(H,18,20);7-9H2,1-6H3,(H,14,16);7-8H2,1-6H3;7H2,1-6H3. The Bertz CT molecular complexity index is 4870. The largest absolute Gasteiger partial charge is 0.456 e. The number of ketones is 10. The molecule has 0 saturated carbocycles. The minimum Gasteiger partial charge on any atom is -0.456 e. The Morgan fingerprint density at radius 2 is 0.408 bits per heavy atom. The predicted octanol–water partition coefficient (Wildman–Crippen LogP) is 28.0. The third-order valence-corrected chi connectivity index (χ3v) is 19.5. The molecule has 788 valence electrons. The van der Waals surface area contributed by atoms with Crippen LogP contribution >= 0.6 is 0 Å². The van der Waals surface area contributed by atoms with Gasteiger partial charge in [-0.1, -0.05) is 296 Å². The van der Waals surface area contributed by atoms with Crippen LogP contribution in [0.5, 0.6) is 0 Å². The van der Waals surface area contributed by atoms with E-state index in [0.717, 1.165) is 16.7 Å². The number of hydrogen-bond donors (Lipinski definition) is 4. The molecular weight excluding hydrogens is 1780 g/mol. The van der Waals surface area contributed by atoms with Gasteiger partial charge in [-0.05, 0) is 200 Å². The topological polar surface area (TPSA) is 313 Å². The molecule has 0 aromatic heterocycles. The van der Waals surface area contributed by atoms with Gasteiger partial charge in [0.25, 0.3) is 11.8 Å². The summed E-state index contributed by atoms with van der Waals surface area (Å²) >= 11 is 0.